The number of benzene rings is 1. The van der Waals surface area contributed by atoms with Gasteiger partial charge in [-0.25, -0.2) is 4.79 Å². The van der Waals surface area contributed by atoms with Crippen LogP contribution in [0.2, 0.25) is 0 Å². The van der Waals surface area contributed by atoms with E-state index in [1.54, 1.807) is 14.2 Å². The summed E-state index contributed by atoms with van der Waals surface area (Å²) < 4.78 is 16.0. The van der Waals surface area contributed by atoms with Crippen molar-refractivity contribution in [1.82, 2.24) is 10.6 Å². The van der Waals surface area contributed by atoms with Crippen LogP contribution in [0, 0.1) is 5.92 Å². The maximum Gasteiger partial charge on any atom is 0.407 e. The van der Waals surface area contributed by atoms with Crippen molar-refractivity contribution in [2.24, 2.45) is 5.92 Å². The Morgan fingerprint density at radius 1 is 1.16 bits per heavy atom. The first-order valence-electron chi connectivity index (χ1n) is 8.57. The van der Waals surface area contributed by atoms with Gasteiger partial charge in [0.05, 0.1) is 14.2 Å². The van der Waals surface area contributed by atoms with E-state index in [1.807, 2.05) is 39.0 Å². The second-order valence-corrected chi connectivity index (χ2v) is 7.31. The summed E-state index contributed by atoms with van der Waals surface area (Å²) in [6.45, 7) is 10.9. The second kappa shape index (κ2) is 9.51. The van der Waals surface area contributed by atoms with Gasteiger partial charge in [0, 0.05) is 24.7 Å². The van der Waals surface area contributed by atoms with E-state index in [-0.39, 0.29) is 12.0 Å². The number of methoxy groups -OCH3 is 2. The number of hydrogen-bond donors (Lipinski definition) is 2. The zero-order chi connectivity index (χ0) is 19.0. The Labute approximate surface area is 151 Å². The second-order valence-electron chi connectivity index (χ2n) is 7.31. The Morgan fingerprint density at radius 3 is 2.36 bits per heavy atom. The lowest BCUT2D eigenvalue weighted by molar-refractivity contribution is 0.0490. The third kappa shape index (κ3) is 7.65. The fraction of sp³-hybridized carbons (Fsp3) is 0.632. The van der Waals surface area contributed by atoms with Crippen molar-refractivity contribution >= 4 is 6.09 Å². The minimum absolute atomic E-state index is 0.0357. The zero-order valence-corrected chi connectivity index (χ0v) is 16.4. The molecule has 0 aliphatic carbocycles. The van der Waals surface area contributed by atoms with E-state index in [2.05, 4.69) is 24.5 Å². The molecule has 0 aliphatic rings. The molecule has 0 unspecified atom stereocenters. The SMILES string of the molecule is COc1ccc(OC)c(CNC[C@H](NC(=O)OC(C)(C)C)C(C)C)c1. The van der Waals surface area contributed by atoms with Crippen molar-refractivity contribution in [2.75, 3.05) is 20.8 Å². The molecule has 1 aromatic rings. The van der Waals surface area contributed by atoms with Crippen LogP contribution >= 0.6 is 0 Å². The molecule has 1 aromatic carbocycles. The van der Waals surface area contributed by atoms with Gasteiger partial charge < -0.3 is 24.8 Å². The molecule has 2 N–H and O–H groups in total. The van der Waals surface area contributed by atoms with E-state index in [1.165, 1.54) is 0 Å². The minimum Gasteiger partial charge on any atom is -0.497 e. The average Bonchev–Trinajstić information content (AvgIpc) is 2.51. The third-order valence-corrected chi connectivity index (χ3v) is 3.67. The van der Waals surface area contributed by atoms with Crippen molar-refractivity contribution in [3.63, 3.8) is 0 Å². The number of nitrogens with one attached hydrogen (secondary N) is 2. The van der Waals surface area contributed by atoms with Crippen LogP contribution < -0.4 is 20.1 Å². The number of rotatable bonds is 8. The van der Waals surface area contributed by atoms with Gasteiger partial charge in [-0.1, -0.05) is 13.8 Å². The number of carbonyl (C=O) groups excluding carboxylic acids is 1. The highest BCUT2D eigenvalue weighted by atomic mass is 16.6. The van der Waals surface area contributed by atoms with E-state index in [0.29, 0.717) is 13.1 Å². The Hall–Kier alpha value is -1.95. The predicted octanol–water partition coefficient (Wildman–Crippen LogP) is 3.34. The van der Waals surface area contributed by atoms with Crippen LogP contribution in [0.15, 0.2) is 18.2 Å². The molecule has 0 aliphatic heterocycles. The molecule has 142 valence electrons. The largest absolute Gasteiger partial charge is 0.497 e. The summed E-state index contributed by atoms with van der Waals surface area (Å²) in [5.74, 6) is 1.85. The summed E-state index contributed by atoms with van der Waals surface area (Å²) in [6.07, 6.45) is -0.396. The lowest BCUT2D eigenvalue weighted by Crippen LogP contribution is -2.46. The standard InChI is InChI=1S/C19H32N2O4/c1-13(2)16(21-18(22)25-19(3,4)5)12-20-11-14-10-15(23-6)8-9-17(14)24-7/h8-10,13,16,20H,11-12H2,1-7H3,(H,21,22)/t16-/m0/s1. The molecule has 0 saturated carbocycles. The molecule has 0 heterocycles. The lowest BCUT2D eigenvalue weighted by atomic mass is 10.0. The molecule has 0 saturated heterocycles. The van der Waals surface area contributed by atoms with Crippen molar-refractivity contribution in [2.45, 2.75) is 52.8 Å². The van der Waals surface area contributed by atoms with Gasteiger partial charge in [0.2, 0.25) is 0 Å². The summed E-state index contributed by atoms with van der Waals surface area (Å²) in [4.78, 5) is 12.0. The first-order chi connectivity index (χ1) is 11.7. The monoisotopic (exact) mass is 352 g/mol. The molecule has 1 rings (SSSR count). The summed E-state index contributed by atoms with van der Waals surface area (Å²) in [5.41, 5.74) is 0.495. The van der Waals surface area contributed by atoms with Crippen LogP contribution in [-0.4, -0.2) is 38.5 Å². The first-order valence-corrected chi connectivity index (χ1v) is 8.57. The van der Waals surface area contributed by atoms with E-state index < -0.39 is 11.7 Å². The Morgan fingerprint density at radius 2 is 1.84 bits per heavy atom. The number of alkyl carbamates (subject to hydrolysis) is 1. The summed E-state index contributed by atoms with van der Waals surface area (Å²) in [5, 5.41) is 6.30. The Bertz CT molecular complexity index is 553. The quantitative estimate of drug-likeness (QED) is 0.751. The lowest BCUT2D eigenvalue weighted by Gasteiger charge is -2.26. The number of ether oxygens (including phenoxy) is 3. The van der Waals surface area contributed by atoms with Gasteiger partial charge in [-0.05, 0) is 44.9 Å². The molecule has 6 nitrogen and oxygen atoms in total. The zero-order valence-electron chi connectivity index (χ0n) is 16.4. The van der Waals surface area contributed by atoms with Crippen LogP contribution in [0.3, 0.4) is 0 Å². The van der Waals surface area contributed by atoms with Gasteiger partial charge >= 0.3 is 6.09 Å². The van der Waals surface area contributed by atoms with Gasteiger partial charge in [-0.3, -0.25) is 0 Å². The maximum absolute atomic E-state index is 12.0. The first kappa shape index (κ1) is 21.1. The number of amides is 1. The van der Waals surface area contributed by atoms with E-state index in [9.17, 15) is 4.79 Å². The summed E-state index contributed by atoms with van der Waals surface area (Å²) in [7, 11) is 3.28. The van der Waals surface area contributed by atoms with Crippen molar-refractivity contribution in [3.05, 3.63) is 23.8 Å². The maximum atomic E-state index is 12.0. The van der Waals surface area contributed by atoms with Crippen LogP contribution in [0.25, 0.3) is 0 Å². The van der Waals surface area contributed by atoms with Gasteiger partial charge in [-0.15, -0.1) is 0 Å². The van der Waals surface area contributed by atoms with Crippen LogP contribution in [0.4, 0.5) is 4.79 Å². The van der Waals surface area contributed by atoms with Gasteiger partial charge in [0.15, 0.2) is 0 Å². The van der Waals surface area contributed by atoms with Crippen LogP contribution in [0.1, 0.15) is 40.2 Å². The summed E-state index contributed by atoms with van der Waals surface area (Å²) >= 11 is 0. The molecule has 6 heteroatoms. The normalized spacial score (nSPS) is 12.6. The van der Waals surface area contributed by atoms with Crippen LogP contribution in [0.5, 0.6) is 11.5 Å². The fourth-order valence-electron chi connectivity index (χ4n) is 2.29. The fourth-order valence-corrected chi connectivity index (χ4v) is 2.29. The Kier molecular flexibility index (Phi) is 8.03. The predicted molar refractivity (Wildman–Crippen MR) is 99.2 cm³/mol. The van der Waals surface area contributed by atoms with Crippen molar-refractivity contribution in [1.29, 1.82) is 0 Å². The topological polar surface area (TPSA) is 68.8 Å². The molecular formula is C19H32N2O4. The average molecular weight is 352 g/mol. The molecule has 0 radical (unpaired) electrons. The molecule has 0 spiro atoms. The van der Waals surface area contributed by atoms with Crippen molar-refractivity contribution in [3.8, 4) is 11.5 Å². The summed E-state index contributed by atoms with van der Waals surface area (Å²) in [6, 6.07) is 5.65. The number of hydrogen-bond acceptors (Lipinski definition) is 5. The molecule has 1 amide bonds. The molecule has 1 atom stereocenters. The highest BCUT2D eigenvalue weighted by Gasteiger charge is 2.21. The number of carbonyl (C=O) groups is 1. The van der Waals surface area contributed by atoms with Crippen molar-refractivity contribution < 1.29 is 19.0 Å². The van der Waals surface area contributed by atoms with Gasteiger partial charge in [0.1, 0.15) is 17.1 Å². The minimum atomic E-state index is -0.507. The molecule has 0 aromatic heterocycles. The van der Waals surface area contributed by atoms with Crippen LogP contribution in [-0.2, 0) is 11.3 Å². The molecular weight excluding hydrogens is 320 g/mol. The van der Waals surface area contributed by atoms with E-state index in [4.69, 9.17) is 14.2 Å². The molecule has 0 fully saturated rings. The van der Waals surface area contributed by atoms with Gasteiger partial charge in [-0.2, -0.15) is 0 Å². The molecule has 0 bridgehead atoms. The molecule has 25 heavy (non-hydrogen) atoms. The Balaban J connectivity index is 2.63. The van der Waals surface area contributed by atoms with E-state index in [0.717, 1.165) is 17.1 Å². The highest BCUT2D eigenvalue weighted by molar-refractivity contribution is 5.68. The smallest absolute Gasteiger partial charge is 0.407 e. The van der Waals surface area contributed by atoms with Gasteiger partial charge in [0.25, 0.3) is 0 Å². The third-order valence-electron chi connectivity index (χ3n) is 3.67. The highest BCUT2D eigenvalue weighted by Crippen LogP contribution is 2.23. The van der Waals surface area contributed by atoms with E-state index >= 15 is 0 Å².